The lowest BCUT2D eigenvalue weighted by atomic mass is 10.1. The van der Waals surface area contributed by atoms with Crippen LogP contribution in [-0.4, -0.2) is 49.7 Å². The highest BCUT2D eigenvalue weighted by molar-refractivity contribution is 14.0. The Bertz CT molecular complexity index is 703. The number of nitrogens with one attached hydrogen (secondary N) is 4. The number of rotatable bonds is 11. The summed E-state index contributed by atoms with van der Waals surface area (Å²) in [6, 6.07) is 7.50. The number of guanidine groups is 1. The molecule has 0 heterocycles. The summed E-state index contributed by atoms with van der Waals surface area (Å²) in [5, 5.41) is 12.1. The van der Waals surface area contributed by atoms with E-state index in [-0.39, 0.29) is 29.9 Å². The van der Waals surface area contributed by atoms with E-state index in [4.69, 9.17) is 4.74 Å². The van der Waals surface area contributed by atoms with Gasteiger partial charge in [0.05, 0.1) is 6.54 Å². The molecule has 0 unspecified atom stereocenters. The minimum Gasteiger partial charge on any atom is -0.444 e. The lowest BCUT2D eigenvalue weighted by Crippen LogP contribution is -2.39. The fourth-order valence-corrected chi connectivity index (χ4v) is 2.55. The van der Waals surface area contributed by atoms with Crippen molar-refractivity contribution in [3.05, 3.63) is 35.4 Å². The topological polar surface area (TPSA) is 104 Å². The molecule has 182 valence electrons. The van der Waals surface area contributed by atoms with E-state index >= 15 is 0 Å². The number of carbonyl (C=O) groups excluding carboxylic acids is 2. The molecular formula is C23H40IN5O3. The molecule has 9 heteroatoms. The molecule has 32 heavy (non-hydrogen) atoms. The van der Waals surface area contributed by atoms with Crippen LogP contribution in [0.3, 0.4) is 0 Å². The number of amides is 2. The average Bonchev–Trinajstić information content (AvgIpc) is 2.71. The fraction of sp³-hybridized carbons (Fsp3) is 0.609. The van der Waals surface area contributed by atoms with Gasteiger partial charge in [-0.1, -0.05) is 25.5 Å². The Balaban J connectivity index is 0.00000961. The lowest BCUT2D eigenvalue weighted by Gasteiger charge is -2.19. The van der Waals surface area contributed by atoms with Gasteiger partial charge in [-0.2, -0.15) is 0 Å². The van der Waals surface area contributed by atoms with E-state index in [1.54, 1.807) is 0 Å². The summed E-state index contributed by atoms with van der Waals surface area (Å²) in [4.78, 5) is 28.3. The van der Waals surface area contributed by atoms with Crippen molar-refractivity contribution in [1.29, 1.82) is 0 Å². The van der Waals surface area contributed by atoms with Crippen LogP contribution < -0.4 is 21.3 Å². The SMILES string of the molecule is CCCCNC(=O)c1ccc(CN=C(NCC)NCCCNC(=O)OC(C)(C)C)cc1.I. The van der Waals surface area contributed by atoms with E-state index in [9.17, 15) is 9.59 Å². The number of hydrogen-bond donors (Lipinski definition) is 4. The summed E-state index contributed by atoms with van der Waals surface area (Å²) in [5.74, 6) is 0.666. The summed E-state index contributed by atoms with van der Waals surface area (Å²) in [7, 11) is 0. The van der Waals surface area contributed by atoms with Gasteiger partial charge in [-0.25, -0.2) is 9.79 Å². The van der Waals surface area contributed by atoms with Crippen molar-refractivity contribution in [2.24, 2.45) is 4.99 Å². The summed E-state index contributed by atoms with van der Waals surface area (Å²) >= 11 is 0. The van der Waals surface area contributed by atoms with Gasteiger partial charge >= 0.3 is 6.09 Å². The Morgan fingerprint density at radius 3 is 2.12 bits per heavy atom. The van der Waals surface area contributed by atoms with Crippen LogP contribution in [0.2, 0.25) is 0 Å². The van der Waals surface area contributed by atoms with Gasteiger partial charge in [0.1, 0.15) is 5.60 Å². The largest absolute Gasteiger partial charge is 0.444 e. The third kappa shape index (κ3) is 14.1. The first-order valence-corrected chi connectivity index (χ1v) is 11.1. The monoisotopic (exact) mass is 561 g/mol. The van der Waals surface area contributed by atoms with Crippen LogP contribution in [0.15, 0.2) is 29.3 Å². The molecule has 1 rings (SSSR count). The van der Waals surface area contributed by atoms with Gasteiger partial charge in [-0.15, -0.1) is 24.0 Å². The molecule has 2 amide bonds. The maximum absolute atomic E-state index is 12.1. The maximum atomic E-state index is 12.1. The van der Waals surface area contributed by atoms with Crippen molar-refractivity contribution in [3.8, 4) is 0 Å². The zero-order valence-electron chi connectivity index (χ0n) is 20.0. The Morgan fingerprint density at radius 2 is 1.53 bits per heavy atom. The highest BCUT2D eigenvalue weighted by Gasteiger charge is 2.15. The lowest BCUT2D eigenvalue weighted by molar-refractivity contribution is 0.0527. The molecule has 0 fully saturated rings. The summed E-state index contributed by atoms with van der Waals surface area (Å²) in [5.41, 5.74) is 1.19. The number of nitrogens with zero attached hydrogens (tertiary/aromatic N) is 1. The first kappa shape index (κ1) is 30.0. The summed E-state index contributed by atoms with van der Waals surface area (Å²) < 4.78 is 5.21. The Hall–Kier alpha value is -2.04. The number of aliphatic imine (C=N–C) groups is 1. The second-order valence-electron chi connectivity index (χ2n) is 8.21. The van der Waals surface area contributed by atoms with Crippen molar-refractivity contribution in [1.82, 2.24) is 21.3 Å². The zero-order chi connectivity index (χ0) is 23.1. The van der Waals surface area contributed by atoms with Crippen molar-refractivity contribution in [2.75, 3.05) is 26.2 Å². The normalized spacial score (nSPS) is 11.2. The van der Waals surface area contributed by atoms with Crippen molar-refractivity contribution >= 4 is 41.9 Å². The predicted octanol–water partition coefficient (Wildman–Crippen LogP) is 3.80. The number of benzene rings is 1. The number of carbonyl (C=O) groups is 2. The number of unbranched alkanes of at least 4 members (excludes halogenated alkanes) is 1. The van der Waals surface area contributed by atoms with Crippen LogP contribution in [0.4, 0.5) is 4.79 Å². The highest BCUT2D eigenvalue weighted by Crippen LogP contribution is 2.07. The quantitative estimate of drug-likeness (QED) is 0.143. The van der Waals surface area contributed by atoms with E-state index in [2.05, 4.69) is 33.2 Å². The molecule has 1 aromatic rings. The third-order valence-electron chi connectivity index (χ3n) is 4.11. The molecule has 0 spiro atoms. The molecule has 1 aromatic carbocycles. The molecule has 0 aliphatic heterocycles. The Labute approximate surface area is 209 Å². The molecule has 4 N–H and O–H groups in total. The van der Waals surface area contributed by atoms with E-state index < -0.39 is 11.7 Å². The van der Waals surface area contributed by atoms with Crippen molar-refractivity contribution in [3.63, 3.8) is 0 Å². The van der Waals surface area contributed by atoms with E-state index in [1.807, 2.05) is 52.0 Å². The van der Waals surface area contributed by atoms with Crippen LogP contribution in [0.5, 0.6) is 0 Å². The minimum atomic E-state index is -0.496. The molecule has 0 radical (unpaired) electrons. The van der Waals surface area contributed by atoms with Crippen LogP contribution in [0.25, 0.3) is 0 Å². The number of ether oxygens (including phenoxy) is 1. The molecule has 0 bridgehead atoms. The Kier molecular flexibility index (Phi) is 15.5. The second kappa shape index (κ2) is 16.6. The van der Waals surface area contributed by atoms with E-state index in [0.717, 1.165) is 31.4 Å². The molecule has 0 aliphatic carbocycles. The van der Waals surface area contributed by atoms with Crippen LogP contribution in [0.1, 0.15) is 69.8 Å². The smallest absolute Gasteiger partial charge is 0.407 e. The second-order valence-corrected chi connectivity index (χ2v) is 8.21. The first-order valence-electron chi connectivity index (χ1n) is 11.1. The molecule has 0 saturated heterocycles. The predicted molar refractivity (Wildman–Crippen MR) is 141 cm³/mol. The van der Waals surface area contributed by atoms with Gasteiger partial charge in [0.15, 0.2) is 5.96 Å². The molecule has 0 aromatic heterocycles. The Morgan fingerprint density at radius 1 is 0.906 bits per heavy atom. The number of hydrogen-bond acceptors (Lipinski definition) is 4. The first-order chi connectivity index (χ1) is 14.7. The minimum absolute atomic E-state index is 0. The van der Waals surface area contributed by atoms with Gasteiger partial charge in [0, 0.05) is 31.7 Å². The van der Waals surface area contributed by atoms with Crippen LogP contribution in [0, 0.1) is 0 Å². The van der Waals surface area contributed by atoms with Gasteiger partial charge in [0.2, 0.25) is 0 Å². The van der Waals surface area contributed by atoms with Crippen LogP contribution in [-0.2, 0) is 11.3 Å². The van der Waals surface area contributed by atoms with E-state index in [1.165, 1.54) is 0 Å². The van der Waals surface area contributed by atoms with Gasteiger partial charge < -0.3 is 26.0 Å². The van der Waals surface area contributed by atoms with E-state index in [0.29, 0.717) is 37.7 Å². The molecular weight excluding hydrogens is 521 g/mol. The molecule has 0 atom stereocenters. The van der Waals surface area contributed by atoms with Crippen molar-refractivity contribution < 1.29 is 14.3 Å². The van der Waals surface area contributed by atoms with Gasteiger partial charge in [-0.05, 0) is 58.2 Å². The zero-order valence-corrected chi connectivity index (χ0v) is 22.4. The summed E-state index contributed by atoms with van der Waals surface area (Å²) in [6.45, 7) is 12.7. The molecule has 0 aliphatic rings. The average molecular weight is 562 g/mol. The number of alkyl carbamates (subject to hydrolysis) is 1. The summed E-state index contributed by atoms with van der Waals surface area (Å²) in [6.07, 6.45) is 2.37. The fourth-order valence-electron chi connectivity index (χ4n) is 2.55. The van der Waals surface area contributed by atoms with Crippen LogP contribution >= 0.6 is 24.0 Å². The van der Waals surface area contributed by atoms with Gasteiger partial charge in [0.25, 0.3) is 5.91 Å². The maximum Gasteiger partial charge on any atom is 0.407 e. The highest BCUT2D eigenvalue weighted by atomic mass is 127. The van der Waals surface area contributed by atoms with Gasteiger partial charge in [-0.3, -0.25) is 4.79 Å². The van der Waals surface area contributed by atoms with Crippen molar-refractivity contribution in [2.45, 2.75) is 66.0 Å². The third-order valence-corrected chi connectivity index (χ3v) is 4.11. The molecule has 8 nitrogen and oxygen atoms in total. The number of halogens is 1. The standard InChI is InChI=1S/C23H39N5O3.HI/c1-6-8-14-25-20(29)19-12-10-18(11-13-19)17-28-21(24-7-2)26-15-9-16-27-22(30)31-23(3,4)5;/h10-13H,6-9,14-17H2,1-5H3,(H,25,29)(H,27,30)(H2,24,26,28);1H. The molecule has 0 saturated carbocycles.